The van der Waals surface area contributed by atoms with Gasteiger partial charge in [-0.15, -0.1) is 0 Å². The van der Waals surface area contributed by atoms with E-state index in [0.717, 1.165) is 0 Å². The Morgan fingerprint density at radius 3 is 2.35 bits per heavy atom. The molecule has 1 aliphatic heterocycles. The predicted octanol–water partition coefficient (Wildman–Crippen LogP) is 4.41. The molecule has 26 heavy (non-hydrogen) atoms. The van der Waals surface area contributed by atoms with Gasteiger partial charge in [-0.3, -0.25) is 4.79 Å². The average Bonchev–Trinajstić information content (AvgIpc) is 2.87. The first kappa shape index (κ1) is 18.7. The second kappa shape index (κ2) is 5.72. The maximum atomic E-state index is 13.3. The molecule has 0 saturated heterocycles. The molecule has 1 aromatic carbocycles. The van der Waals surface area contributed by atoms with E-state index in [1.54, 1.807) is 0 Å². The van der Waals surface area contributed by atoms with Gasteiger partial charge in [0.15, 0.2) is 0 Å². The van der Waals surface area contributed by atoms with Gasteiger partial charge in [-0.1, -0.05) is 13.8 Å². The maximum absolute atomic E-state index is 13.3. The molecule has 1 fully saturated rings. The number of nitrogens with zero attached hydrogens (tertiary/aromatic N) is 1. The Labute approximate surface area is 145 Å². The van der Waals surface area contributed by atoms with E-state index in [1.165, 1.54) is 0 Å². The third kappa shape index (κ3) is 3.31. The molecule has 0 bridgehead atoms. The number of ketones is 1. The van der Waals surface area contributed by atoms with Crippen molar-refractivity contribution >= 4 is 11.5 Å². The largest absolute Gasteiger partial charge is 0.417 e. The molecule has 0 aromatic heterocycles. The number of rotatable bonds is 1. The number of hydrogen-bond acceptors (Lipinski definition) is 3. The molecule has 1 heterocycles. The molecule has 1 N–H and O–H groups in total. The van der Waals surface area contributed by atoms with Crippen LogP contribution >= 0.6 is 0 Å². The number of carbonyl (C=O) groups is 1. The smallest absolute Gasteiger partial charge is 0.306 e. The van der Waals surface area contributed by atoms with Crippen molar-refractivity contribution in [1.29, 1.82) is 0 Å². The summed E-state index contributed by atoms with van der Waals surface area (Å²) in [4.78, 5) is 12.5. The summed E-state index contributed by atoms with van der Waals surface area (Å²) in [5.74, 6) is -1.30. The molecule has 1 aromatic rings. The van der Waals surface area contributed by atoms with Gasteiger partial charge in [0, 0.05) is 12.0 Å². The number of Topliss-reactive ketones (excluding diaryl/α,β-unsaturated/α-hetero) is 1. The summed E-state index contributed by atoms with van der Waals surface area (Å²) in [5.41, 5.74) is -1.11. The minimum Gasteiger partial charge on any atom is -0.306 e. The van der Waals surface area contributed by atoms with Gasteiger partial charge in [-0.05, 0) is 30.0 Å². The highest BCUT2D eigenvalue weighted by atomic mass is 19.4. The van der Waals surface area contributed by atoms with E-state index in [9.17, 15) is 31.1 Å². The Morgan fingerprint density at radius 2 is 1.77 bits per heavy atom. The van der Waals surface area contributed by atoms with Gasteiger partial charge in [-0.2, -0.15) is 31.4 Å². The van der Waals surface area contributed by atoms with Crippen molar-refractivity contribution in [3.8, 4) is 0 Å². The summed E-state index contributed by atoms with van der Waals surface area (Å²) in [6.45, 7) is 3.71. The number of nitrogens with one attached hydrogen (secondary N) is 1. The monoisotopic (exact) mass is 378 g/mol. The Balaban J connectivity index is 2.10. The molecule has 1 aliphatic carbocycles. The van der Waals surface area contributed by atoms with Crippen LogP contribution in [0.3, 0.4) is 0 Å². The summed E-state index contributed by atoms with van der Waals surface area (Å²) in [6.07, 6.45) is -9.05. The lowest BCUT2D eigenvalue weighted by Gasteiger charge is -2.36. The molecule has 9 heteroatoms. The van der Waals surface area contributed by atoms with Gasteiger partial charge in [0.05, 0.1) is 28.8 Å². The average molecular weight is 378 g/mol. The fraction of sp³-hybridized carbons (Fsp3) is 0.529. The quantitative estimate of drug-likeness (QED) is 0.736. The van der Waals surface area contributed by atoms with E-state index in [1.807, 2.05) is 13.8 Å². The molecule has 142 valence electrons. The molecular weight excluding hydrogens is 362 g/mol. The second-order valence-corrected chi connectivity index (χ2v) is 7.48. The zero-order chi connectivity index (χ0) is 19.5. The third-order valence-corrected chi connectivity index (χ3v) is 4.75. The minimum absolute atomic E-state index is 0.134. The van der Waals surface area contributed by atoms with Crippen LogP contribution in [0, 0.1) is 11.3 Å². The number of carbonyl (C=O) groups excluding carboxylic acids is 1. The van der Waals surface area contributed by atoms with Crippen LogP contribution in [0.1, 0.15) is 43.4 Å². The highest BCUT2D eigenvalue weighted by molar-refractivity contribution is 6.16. The molecule has 0 spiro atoms. The van der Waals surface area contributed by atoms with Crippen LogP contribution in [0.5, 0.6) is 0 Å². The molecule has 3 rings (SSSR count). The van der Waals surface area contributed by atoms with Crippen LogP contribution in [0.15, 0.2) is 23.3 Å². The van der Waals surface area contributed by atoms with Gasteiger partial charge < -0.3 is 5.43 Å². The fourth-order valence-corrected chi connectivity index (χ4v) is 3.68. The molecule has 3 nitrogen and oxygen atoms in total. The normalized spacial score (nSPS) is 25.5. The molecule has 0 amide bonds. The van der Waals surface area contributed by atoms with Gasteiger partial charge in [0.2, 0.25) is 0 Å². The zero-order valence-electron chi connectivity index (χ0n) is 13.9. The third-order valence-electron chi connectivity index (χ3n) is 4.75. The number of fused-ring (bicyclic) bond motifs is 1. The molecular formula is C17H16F6N2O. The Morgan fingerprint density at radius 1 is 1.12 bits per heavy atom. The van der Waals surface area contributed by atoms with Gasteiger partial charge >= 0.3 is 12.4 Å². The summed E-state index contributed by atoms with van der Waals surface area (Å²) < 4.78 is 79.0. The lowest BCUT2D eigenvalue weighted by atomic mass is 9.68. The number of alkyl halides is 6. The first-order valence-corrected chi connectivity index (χ1v) is 7.94. The second-order valence-electron chi connectivity index (χ2n) is 7.48. The highest BCUT2D eigenvalue weighted by Gasteiger charge is 2.48. The van der Waals surface area contributed by atoms with E-state index in [2.05, 4.69) is 10.5 Å². The molecule has 2 aliphatic rings. The molecule has 2 atom stereocenters. The van der Waals surface area contributed by atoms with Crippen LogP contribution in [0.25, 0.3) is 0 Å². The SMILES string of the molecule is CC1(C)CC(=O)[C@H]2C(c3cc(C(F)(F)F)ccc3C(F)(F)F)=NN[C@@H]2C1. The number of halogens is 6. The van der Waals surface area contributed by atoms with Crippen molar-refractivity contribution in [3.63, 3.8) is 0 Å². The van der Waals surface area contributed by atoms with Crippen LogP contribution in [0.2, 0.25) is 0 Å². The first-order valence-electron chi connectivity index (χ1n) is 7.94. The summed E-state index contributed by atoms with van der Waals surface area (Å²) in [5, 5.41) is 3.84. The maximum Gasteiger partial charge on any atom is 0.417 e. The Bertz CT molecular complexity index is 778. The lowest BCUT2D eigenvalue weighted by Crippen LogP contribution is -2.45. The van der Waals surface area contributed by atoms with Crippen LogP contribution in [0.4, 0.5) is 26.3 Å². The Hall–Kier alpha value is -2.06. The van der Waals surface area contributed by atoms with E-state index >= 15 is 0 Å². The molecule has 0 radical (unpaired) electrons. The van der Waals surface area contributed by atoms with E-state index in [-0.39, 0.29) is 23.3 Å². The number of benzene rings is 1. The Kier molecular flexibility index (Phi) is 4.12. The van der Waals surface area contributed by atoms with Crippen molar-refractivity contribution in [2.75, 3.05) is 0 Å². The van der Waals surface area contributed by atoms with Crippen molar-refractivity contribution in [2.24, 2.45) is 16.4 Å². The van der Waals surface area contributed by atoms with E-state index in [4.69, 9.17) is 0 Å². The molecule has 1 saturated carbocycles. The van der Waals surface area contributed by atoms with Crippen LogP contribution in [-0.2, 0) is 17.1 Å². The van der Waals surface area contributed by atoms with Gasteiger partial charge in [0.25, 0.3) is 0 Å². The van der Waals surface area contributed by atoms with E-state index in [0.29, 0.717) is 24.6 Å². The minimum atomic E-state index is -4.86. The van der Waals surface area contributed by atoms with Crippen molar-refractivity contribution in [3.05, 3.63) is 34.9 Å². The van der Waals surface area contributed by atoms with Crippen LogP contribution in [-0.4, -0.2) is 17.5 Å². The zero-order valence-corrected chi connectivity index (χ0v) is 13.9. The van der Waals surface area contributed by atoms with Gasteiger partial charge in [0.1, 0.15) is 5.78 Å². The predicted molar refractivity (Wildman–Crippen MR) is 81.4 cm³/mol. The summed E-state index contributed by atoms with van der Waals surface area (Å²) >= 11 is 0. The van der Waals surface area contributed by atoms with Gasteiger partial charge in [-0.25, -0.2) is 0 Å². The first-order chi connectivity index (χ1) is 11.8. The topological polar surface area (TPSA) is 41.5 Å². The standard InChI is InChI=1S/C17H16F6N2O/c1-15(2)6-11-13(12(26)7-15)14(25-24-11)9-5-8(16(18,19)20)3-4-10(9)17(21,22)23/h3-5,11,13,24H,6-7H2,1-2H3/t11-,13+/m1/s1. The summed E-state index contributed by atoms with van der Waals surface area (Å²) in [7, 11) is 0. The van der Waals surface area contributed by atoms with Crippen molar-refractivity contribution < 1.29 is 31.1 Å². The van der Waals surface area contributed by atoms with Crippen LogP contribution < -0.4 is 5.43 Å². The molecule has 0 unspecified atom stereocenters. The highest BCUT2D eigenvalue weighted by Crippen LogP contribution is 2.43. The van der Waals surface area contributed by atoms with E-state index < -0.39 is 41.0 Å². The number of hydrogen-bond donors (Lipinski definition) is 1. The lowest BCUT2D eigenvalue weighted by molar-refractivity contribution is -0.141. The summed E-state index contributed by atoms with van der Waals surface area (Å²) in [6, 6.07) is 0.694. The van der Waals surface area contributed by atoms with Crippen molar-refractivity contribution in [2.45, 2.75) is 45.1 Å². The fourth-order valence-electron chi connectivity index (χ4n) is 3.68. The number of hydrazone groups is 1. The van der Waals surface area contributed by atoms with Crippen molar-refractivity contribution in [1.82, 2.24) is 5.43 Å².